The van der Waals surface area contributed by atoms with Crippen molar-refractivity contribution in [1.82, 2.24) is 20.2 Å². The number of methoxy groups -OCH3 is 1. The van der Waals surface area contributed by atoms with Crippen LogP contribution in [0.15, 0.2) is 78.9 Å². The molecule has 1 atom stereocenters. The molecule has 3 aromatic carbocycles. The van der Waals surface area contributed by atoms with E-state index in [9.17, 15) is 4.79 Å². The van der Waals surface area contributed by atoms with E-state index in [1.807, 2.05) is 54.6 Å². The van der Waals surface area contributed by atoms with Gasteiger partial charge in [-0.3, -0.25) is 4.79 Å². The maximum absolute atomic E-state index is 12.6. The fourth-order valence-corrected chi connectivity index (χ4v) is 2.85. The maximum Gasteiger partial charge on any atom is 0.250 e. The summed E-state index contributed by atoms with van der Waals surface area (Å²) in [5.74, 6) is 2.28. The van der Waals surface area contributed by atoms with Gasteiger partial charge in [-0.1, -0.05) is 30.3 Å². The fraction of sp³-hybridized carbons (Fsp3) is 0.130. The average Bonchev–Trinajstić information content (AvgIpc) is 3.31. The van der Waals surface area contributed by atoms with Crippen LogP contribution in [-0.4, -0.2) is 33.2 Å². The molecule has 8 nitrogen and oxygen atoms in total. The number of nitrogens with one attached hydrogen (secondary N) is 1. The van der Waals surface area contributed by atoms with E-state index in [0.29, 0.717) is 23.0 Å². The zero-order chi connectivity index (χ0) is 21.6. The Morgan fingerprint density at radius 2 is 1.65 bits per heavy atom. The Hall–Kier alpha value is -4.20. The molecule has 0 bridgehead atoms. The molecule has 0 unspecified atom stereocenters. The number of rotatable bonds is 7. The molecule has 1 heterocycles. The van der Waals surface area contributed by atoms with Crippen LogP contribution in [-0.2, 0) is 4.79 Å². The minimum Gasteiger partial charge on any atom is -0.497 e. The Kier molecular flexibility index (Phi) is 5.89. The van der Waals surface area contributed by atoms with Crippen molar-refractivity contribution in [3.05, 3.63) is 78.9 Å². The molecule has 1 aromatic heterocycles. The number of tetrazole rings is 1. The molecule has 4 rings (SSSR count). The fourth-order valence-electron chi connectivity index (χ4n) is 2.85. The van der Waals surface area contributed by atoms with Crippen molar-refractivity contribution in [2.24, 2.45) is 0 Å². The van der Waals surface area contributed by atoms with Crippen LogP contribution in [0, 0.1) is 0 Å². The van der Waals surface area contributed by atoms with Crippen LogP contribution in [0.1, 0.15) is 13.0 Å². The molecule has 1 amide bonds. The molecule has 0 aliphatic carbocycles. The Bertz CT molecular complexity index is 1160. The number of carbonyl (C=O) groups is 1. The lowest BCUT2D eigenvalue weighted by Gasteiger charge is -2.11. The van der Waals surface area contributed by atoms with Gasteiger partial charge in [0.05, 0.1) is 7.11 Å². The lowest BCUT2D eigenvalue weighted by Crippen LogP contribution is -2.25. The molecule has 0 saturated carbocycles. The SMILES string of the molecule is COc1cccc(-c2nnn([C@@H](C)C(=O)Nc3ccc(Oc4ccccc4)cc3)n2)c1. The van der Waals surface area contributed by atoms with E-state index in [0.717, 1.165) is 11.3 Å². The zero-order valence-corrected chi connectivity index (χ0v) is 17.1. The minimum absolute atomic E-state index is 0.258. The summed E-state index contributed by atoms with van der Waals surface area (Å²) in [6.45, 7) is 1.71. The third kappa shape index (κ3) is 4.87. The number of para-hydroxylation sites is 1. The van der Waals surface area contributed by atoms with Crippen molar-refractivity contribution in [1.29, 1.82) is 0 Å². The molecule has 0 aliphatic rings. The van der Waals surface area contributed by atoms with Gasteiger partial charge in [0, 0.05) is 11.3 Å². The highest BCUT2D eigenvalue weighted by atomic mass is 16.5. The third-order valence-corrected chi connectivity index (χ3v) is 4.58. The van der Waals surface area contributed by atoms with Crippen molar-refractivity contribution in [3.8, 4) is 28.6 Å². The first-order valence-corrected chi connectivity index (χ1v) is 9.70. The smallest absolute Gasteiger partial charge is 0.250 e. The number of ether oxygens (including phenoxy) is 2. The lowest BCUT2D eigenvalue weighted by atomic mass is 10.2. The lowest BCUT2D eigenvalue weighted by molar-refractivity contribution is -0.119. The second kappa shape index (κ2) is 9.08. The number of benzene rings is 3. The molecule has 1 N–H and O–H groups in total. The van der Waals surface area contributed by atoms with Crippen LogP contribution in [0.3, 0.4) is 0 Å². The second-order valence-corrected chi connectivity index (χ2v) is 6.77. The molecule has 4 aromatic rings. The van der Waals surface area contributed by atoms with E-state index in [-0.39, 0.29) is 5.91 Å². The highest BCUT2D eigenvalue weighted by Crippen LogP contribution is 2.23. The van der Waals surface area contributed by atoms with Gasteiger partial charge in [0.2, 0.25) is 5.82 Å². The van der Waals surface area contributed by atoms with Gasteiger partial charge in [0.15, 0.2) is 0 Å². The quantitative estimate of drug-likeness (QED) is 0.483. The number of nitrogens with zero attached hydrogens (tertiary/aromatic N) is 4. The van der Waals surface area contributed by atoms with Gasteiger partial charge in [-0.2, -0.15) is 4.80 Å². The first-order valence-electron chi connectivity index (χ1n) is 9.70. The predicted molar refractivity (Wildman–Crippen MR) is 116 cm³/mol. The highest BCUT2D eigenvalue weighted by molar-refractivity contribution is 5.93. The minimum atomic E-state index is -0.646. The zero-order valence-electron chi connectivity index (χ0n) is 17.1. The number of hydrogen-bond donors (Lipinski definition) is 1. The van der Waals surface area contributed by atoms with E-state index in [1.54, 1.807) is 38.3 Å². The molecule has 0 fully saturated rings. The molecule has 0 aliphatic heterocycles. The van der Waals surface area contributed by atoms with Gasteiger partial charge in [-0.25, -0.2) is 0 Å². The number of carbonyl (C=O) groups excluding carboxylic acids is 1. The summed E-state index contributed by atoms with van der Waals surface area (Å²) in [5.41, 5.74) is 1.40. The molecule has 8 heteroatoms. The van der Waals surface area contributed by atoms with Crippen LogP contribution < -0.4 is 14.8 Å². The Morgan fingerprint density at radius 3 is 2.39 bits per heavy atom. The van der Waals surface area contributed by atoms with Crippen LogP contribution in [0.25, 0.3) is 11.4 Å². The summed E-state index contributed by atoms with van der Waals surface area (Å²) >= 11 is 0. The van der Waals surface area contributed by atoms with Crippen molar-refractivity contribution < 1.29 is 14.3 Å². The van der Waals surface area contributed by atoms with Gasteiger partial charge in [0.1, 0.15) is 23.3 Å². The molecule has 31 heavy (non-hydrogen) atoms. The summed E-state index contributed by atoms with van der Waals surface area (Å²) in [5, 5.41) is 15.3. The number of aromatic nitrogens is 4. The molecule has 156 valence electrons. The summed E-state index contributed by atoms with van der Waals surface area (Å²) in [4.78, 5) is 13.9. The third-order valence-electron chi connectivity index (χ3n) is 4.58. The molecule has 0 spiro atoms. The average molecular weight is 415 g/mol. The largest absolute Gasteiger partial charge is 0.497 e. The van der Waals surface area contributed by atoms with Crippen molar-refractivity contribution in [3.63, 3.8) is 0 Å². The van der Waals surface area contributed by atoms with Gasteiger partial charge >= 0.3 is 0 Å². The number of amides is 1. The standard InChI is InChI=1S/C23H21N5O3/c1-16(28-26-22(25-27-28)17-7-6-10-21(15-17)30-2)23(29)24-18-11-13-20(14-12-18)31-19-8-4-3-5-9-19/h3-16H,1-2H3,(H,24,29)/t16-/m0/s1. The predicted octanol–water partition coefficient (Wildman–Crippen LogP) is 4.34. The number of hydrogen-bond acceptors (Lipinski definition) is 6. The normalized spacial score (nSPS) is 11.5. The second-order valence-electron chi connectivity index (χ2n) is 6.77. The Balaban J connectivity index is 1.40. The van der Waals surface area contributed by atoms with Gasteiger partial charge in [-0.15, -0.1) is 10.2 Å². The topological polar surface area (TPSA) is 91.2 Å². The van der Waals surface area contributed by atoms with Crippen LogP contribution in [0.5, 0.6) is 17.2 Å². The van der Waals surface area contributed by atoms with Crippen molar-refractivity contribution in [2.45, 2.75) is 13.0 Å². The Morgan fingerprint density at radius 1 is 0.935 bits per heavy atom. The van der Waals surface area contributed by atoms with E-state index < -0.39 is 6.04 Å². The molecule has 0 radical (unpaired) electrons. The van der Waals surface area contributed by atoms with E-state index in [1.165, 1.54) is 4.80 Å². The van der Waals surface area contributed by atoms with Crippen LogP contribution >= 0.6 is 0 Å². The summed E-state index contributed by atoms with van der Waals surface area (Å²) < 4.78 is 11.0. The molecule has 0 saturated heterocycles. The van der Waals surface area contributed by atoms with Gasteiger partial charge < -0.3 is 14.8 Å². The van der Waals surface area contributed by atoms with Crippen LogP contribution in [0.4, 0.5) is 5.69 Å². The summed E-state index contributed by atoms with van der Waals surface area (Å²) in [6.07, 6.45) is 0. The summed E-state index contributed by atoms with van der Waals surface area (Å²) in [6, 6.07) is 23.3. The first-order chi connectivity index (χ1) is 15.1. The molecular weight excluding hydrogens is 394 g/mol. The summed E-state index contributed by atoms with van der Waals surface area (Å²) in [7, 11) is 1.59. The monoisotopic (exact) mass is 415 g/mol. The van der Waals surface area contributed by atoms with Crippen molar-refractivity contribution in [2.75, 3.05) is 12.4 Å². The van der Waals surface area contributed by atoms with Crippen molar-refractivity contribution >= 4 is 11.6 Å². The molecular formula is C23H21N5O3. The van der Waals surface area contributed by atoms with E-state index >= 15 is 0 Å². The van der Waals surface area contributed by atoms with Crippen LogP contribution in [0.2, 0.25) is 0 Å². The van der Waals surface area contributed by atoms with E-state index in [4.69, 9.17) is 9.47 Å². The maximum atomic E-state index is 12.6. The van der Waals surface area contributed by atoms with Gasteiger partial charge in [0.25, 0.3) is 5.91 Å². The Labute approximate surface area is 179 Å². The number of anilines is 1. The highest BCUT2D eigenvalue weighted by Gasteiger charge is 2.19. The van der Waals surface area contributed by atoms with E-state index in [2.05, 4.69) is 20.7 Å². The van der Waals surface area contributed by atoms with Gasteiger partial charge in [-0.05, 0) is 60.7 Å². The first kappa shape index (κ1) is 20.1.